The van der Waals surface area contributed by atoms with Crippen LogP contribution in [0, 0.1) is 6.92 Å². The zero-order valence-corrected chi connectivity index (χ0v) is 16.1. The van der Waals surface area contributed by atoms with Crippen molar-refractivity contribution in [3.63, 3.8) is 0 Å². The molecule has 0 spiro atoms. The van der Waals surface area contributed by atoms with E-state index >= 15 is 0 Å². The van der Waals surface area contributed by atoms with Gasteiger partial charge in [-0.2, -0.15) is 0 Å². The summed E-state index contributed by atoms with van der Waals surface area (Å²) in [6.45, 7) is 2.68. The van der Waals surface area contributed by atoms with Gasteiger partial charge < -0.3 is 9.88 Å². The molecule has 0 fully saturated rings. The topological polar surface area (TPSA) is 64.0 Å². The second-order valence-electron chi connectivity index (χ2n) is 6.96. The number of benzene rings is 2. The number of hydrogen-bond acceptors (Lipinski definition) is 3. The minimum atomic E-state index is -0.237. The molecule has 5 nitrogen and oxygen atoms in total. The summed E-state index contributed by atoms with van der Waals surface area (Å²) in [4.78, 5) is 30.2. The number of nitrogens with one attached hydrogen (secondary N) is 1. The summed E-state index contributed by atoms with van der Waals surface area (Å²) < 4.78 is 1.64. The maximum atomic E-state index is 13.0. The lowest BCUT2D eigenvalue weighted by molar-refractivity contribution is 0.0950. The highest BCUT2D eigenvalue weighted by Crippen LogP contribution is 2.14. The van der Waals surface area contributed by atoms with Crippen molar-refractivity contribution in [1.29, 1.82) is 0 Å². The molecule has 0 saturated heterocycles. The van der Waals surface area contributed by atoms with Crippen molar-refractivity contribution in [3.8, 4) is 0 Å². The van der Waals surface area contributed by atoms with Crippen LogP contribution in [0.5, 0.6) is 0 Å². The molecule has 4 aromatic rings. The molecule has 0 atom stereocenters. The van der Waals surface area contributed by atoms with Gasteiger partial charge >= 0.3 is 0 Å². The minimum absolute atomic E-state index is 0.157. The molecule has 2 aromatic carbocycles. The lowest BCUT2D eigenvalue weighted by atomic mass is 10.1. The van der Waals surface area contributed by atoms with Gasteiger partial charge in [0.25, 0.3) is 11.5 Å². The van der Waals surface area contributed by atoms with Crippen LogP contribution in [0.1, 0.15) is 27.2 Å². The lowest BCUT2D eigenvalue weighted by Crippen LogP contribution is -2.25. The van der Waals surface area contributed by atoms with Gasteiger partial charge in [0, 0.05) is 12.7 Å². The summed E-state index contributed by atoms with van der Waals surface area (Å²) in [5.41, 5.74) is 3.51. The number of carbonyl (C=O) groups excluding carboxylic acids is 1. The Morgan fingerprint density at radius 1 is 0.966 bits per heavy atom. The fourth-order valence-electron chi connectivity index (χ4n) is 3.31. The molecule has 2 heterocycles. The summed E-state index contributed by atoms with van der Waals surface area (Å²) >= 11 is 0. The van der Waals surface area contributed by atoms with Crippen LogP contribution in [0.15, 0.2) is 83.8 Å². The first-order valence-corrected chi connectivity index (χ1v) is 9.48. The SMILES string of the molecule is Cc1nc2ccn(Cc3ccccc3)c(=O)c2cc1C(=O)NCc1ccccc1. The number of hydrogen-bond donors (Lipinski definition) is 1. The van der Waals surface area contributed by atoms with Crippen molar-refractivity contribution in [1.82, 2.24) is 14.9 Å². The third-order valence-corrected chi connectivity index (χ3v) is 4.88. The van der Waals surface area contributed by atoms with E-state index in [2.05, 4.69) is 10.3 Å². The zero-order chi connectivity index (χ0) is 20.2. The standard InChI is InChI=1S/C24H21N3O2/c1-17-20(23(28)25-15-18-8-4-2-5-9-18)14-21-22(26-17)12-13-27(24(21)29)16-19-10-6-3-7-11-19/h2-14H,15-16H2,1H3,(H,25,28). The molecule has 144 valence electrons. The molecule has 0 aliphatic rings. The third kappa shape index (κ3) is 4.09. The van der Waals surface area contributed by atoms with E-state index in [9.17, 15) is 9.59 Å². The van der Waals surface area contributed by atoms with Crippen molar-refractivity contribution >= 4 is 16.8 Å². The van der Waals surface area contributed by atoms with Crippen LogP contribution < -0.4 is 10.9 Å². The summed E-state index contributed by atoms with van der Waals surface area (Å²) in [7, 11) is 0. The largest absolute Gasteiger partial charge is 0.348 e. The number of aryl methyl sites for hydroxylation is 1. The van der Waals surface area contributed by atoms with Gasteiger partial charge in [0.1, 0.15) is 0 Å². The normalized spacial score (nSPS) is 10.8. The number of aromatic nitrogens is 2. The van der Waals surface area contributed by atoms with Gasteiger partial charge in [-0.1, -0.05) is 60.7 Å². The number of amides is 1. The van der Waals surface area contributed by atoms with Crippen LogP contribution in [0.25, 0.3) is 10.9 Å². The smallest absolute Gasteiger partial charge is 0.260 e. The Balaban J connectivity index is 1.64. The molecule has 29 heavy (non-hydrogen) atoms. The van der Waals surface area contributed by atoms with Crippen LogP contribution in [-0.4, -0.2) is 15.5 Å². The van der Waals surface area contributed by atoms with E-state index in [0.717, 1.165) is 11.1 Å². The molecule has 0 radical (unpaired) electrons. The first-order valence-electron chi connectivity index (χ1n) is 9.48. The molecule has 2 aromatic heterocycles. The Bertz CT molecular complexity index is 1220. The number of rotatable bonds is 5. The van der Waals surface area contributed by atoms with Gasteiger partial charge in [0.15, 0.2) is 0 Å². The van der Waals surface area contributed by atoms with Crippen molar-refractivity contribution in [2.24, 2.45) is 0 Å². The molecule has 1 N–H and O–H groups in total. The zero-order valence-electron chi connectivity index (χ0n) is 16.1. The van der Waals surface area contributed by atoms with Crippen molar-refractivity contribution in [2.45, 2.75) is 20.0 Å². The fraction of sp³-hybridized carbons (Fsp3) is 0.125. The molecule has 0 aliphatic heterocycles. The summed E-state index contributed by atoms with van der Waals surface area (Å²) in [5.74, 6) is -0.237. The third-order valence-electron chi connectivity index (χ3n) is 4.88. The highest BCUT2D eigenvalue weighted by atomic mass is 16.1. The molecular formula is C24H21N3O2. The Morgan fingerprint density at radius 3 is 2.31 bits per heavy atom. The molecule has 0 unspecified atom stereocenters. The summed E-state index contributed by atoms with van der Waals surface area (Å²) in [6.07, 6.45) is 1.75. The van der Waals surface area contributed by atoms with Crippen molar-refractivity contribution < 1.29 is 4.79 Å². The number of carbonyl (C=O) groups is 1. The van der Waals surface area contributed by atoms with Gasteiger partial charge in [0.05, 0.1) is 28.7 Å². The van der Waals surface area contributed by atoms with E-state index in [1.54, 1.807) is 23.8 Å². The summed E-state index contributed by atoms with van der Waals surface area (Å²) in [6, 6.07) is 23.0. The number of fused-ring (bicyclic) bond motifs is 1. The van der Waals surface area contributed by atoms with E-state index in [1.807, 2.05) is 66.7 Å². The van der Waals surface area contributed by atoms with Crippen molar-refractivity contribution in [3.05, 3.63) is 112 Å². The van der Waals surface area contributed by atoms with E-state index in [4.69, 9.17) is 0 Å². The first-order chi connectivity index (χ1) is 14.1. The predicted molar refractivity (Wildman–Crippen MR) is 114 cm³/mol. The van der Waals surface area contributed by atoms with Crippen LogP contribution in [-0.2, 0) is 13.1 Å². The average Bonchev–Trinajstić information content (AvgIpc) is 2.75. The number of pyridine rings is 2. The molecule has 0 aliphatic carbocycles. The molecule has 0 bridgehead atoms. The molecule has 1 amide bonds. The van der Waals surface area contributed by atoms with Gasteiger partial charge in [-0.05, 0) is 30.2 Å². The number of nitrogens with zero attached hydrogens (tertiary/aromatic N) is 2. The van der Waals surface area contributed by atoms with E-state index in [1.165, 1.54) is 0 Å². The Kier molecular flexibility index (Phi) is 5.20. The average molecular weight is 383 g/mol. The Morgan fingerprint density at radius 2 is 1.62 bits per heavy atom. The Labute approximate surface area is 168 Å². The van der Waals surface area contributed by atoms with E-state index in [-0.39, 0.29) is 11.5 Å². The lowest BCUT2D eigenvalue weighted by Gasteiger charge is -2.11. The monoisotopic (exact) mass is 383 g/mol. The highest BCUT2D eigenvalue weighted by Gasteiger charge is 2.14. The van der Waals surface area contributed by atoms with E-state index < -0.39 is 0 Å². The fourth-order valence-corrected chi connectivity index (χ4v) is 3.31. The van der Waals surface area contributed by atoms with Gasteiger partial charge in [0.2, 0.25) is 0 Å². The van der Waals surface area contributed by atoms with E-state index in [0.29, 0.717) is 35.2 Å². The summed E-state index contributed by atoms with van der Waals surface area (Å²) in [5, 5.41) is 3.35. The maximum Gasteiger partial charge on any atom is 0.260 e. The van der Waals surface area contributed by atoms with Gasteiger partial charge in [-0.3, -0.25) is 14.6 Å². The molecule has 0 saturated carbocycles. The first kappa shape index (κ1) is 18.6. The van der Waals surface area contributed by atoms with Gasteiger partial charge in [-0.25, -0.2) is 0 Å². The minimum Gasteiger partial charge on any atom is -0.348 e. The Hall–Kier alpha value is -3.73. The van der Waals surface area contributed by atoms with Crippen LogP contribution >= 0.6 is 0 Å². The molecular weight excluding hydrogens is 362 g/mol. The second kappa shape index (κ2) is 8.10. The second-order valence-corrected chi connectivity index (χ2v) is 6.96. The maximum absolute atomic E-state index is 13.0. The van der Waals surface area contributed by atoms with Crippen LogP contribution in [0.4, 0.5) is 0 Å². The molecule has 4 rings (SSSR count). The highest BCUT2D eigenvalue weighted by molar-refractivity contribution is 5.98. The molecule has 5 heteroatoms. The quantitative estimate of drug-likeness (QED) is 0.572. The van der Waals surface area contributed by atoms with Crippen LogP contribution in [0.2, 0.25) is 0 Å². The van der Waals surface area contributed by atoms with Crippen LogP contribution in [0.3, 0.4) is 0 Å². The predicted octanol–water partition coefficient (Wildman–Crippen LogP) is 3.68. The van der Waals surface area contributed by atoms with Gasteiger partial charge in [-0.15, -0.1) is 0 Å². The van der Waals surface area contributed by atoms with Crippen molar-refractivity contribution in [2.75, 3.05) is 0 Å².